The first-order valence-corrected chi connectivity index (χ1v) is 5.14. The average Bonchev–Trinajstić information content (AvgIpc) is 2.46. The highest BCUT2D eigenvalue weighted by molar-refractivity contribution is 6.31. The normalized spacial score (nSPS) is 20.7. The van der Waals surface area contributed by atoms with E-state index >= 15 is 0 Å². The molecule has 16 heavy (non-hydrogen) atoms. The minimum absolute atomic E-state index is 0.0979. The molecule has 1 unspecified atom stereocenters. The van der Waals surface area contributed by atoms with Crippen LogP contribution in [0, 0.1) is 5.82 Å². The van der Waals surface area contributed by atoms with Crippen molar-refractivity contribution in [2.75, 3.05) is 7.05 Å². The second-order valence-corrected chi connectivity index (χ2v) is 4.12. The van der Waals surface area contributed by atoms with E-state index in [1.54, 1.807) is 0 Å². The Labute approximate surface area is 96.8 Å². The van der Waals surface area contributed by atoms with Gasteiger partial charge in [0.15, 0.2) is 0 Å². The number of hydrogen-bond acceptors (Lipinski definition) is 2. The van der Waals surface area contributed by atoms with E-state index < -0.39 is 11.7 Å². The van der Waals surface area contributed by atoms with E-state index in [1.165, 1.54) is 19.2 Å². The number of halogens is 2. The lowest BCUT2D eigenvalue weighted by Crippen LogP contribution is -2.25. The van der Waals surface area contributed by atoms with E-state index in [9.17, 15) is 14.0 Å². The summed E-state index contributed by atoms with van der Waals surface area (Å²) in [6, 6.07) is 3.83. The number of likely N-dealkylation sites (tertiary alicyclic amines) is 1. The van der Waals surface area contributed by atoms with Crippen LogP contribution in [0.25, 0.3) is 0 Å². The zero-order valence-corrected chi connectivity index (χ0v) is 9.29. The quantitative estimate of drug-likeness (QED) is 0.705. The maximum atomic E-state index is 12.8. The molecule has 1 aromatic rings. The summed E-state index contributed by atoms with van der Waals surface area (Å²) in [6.45, 7) is 0. The minimum atomic E-state index is -0.578. The molecule has 0 N–H and O–H groups in total. The molecule has 1 fully saturated rings. The summed E-state index contributed by atoms with van der Waals surface area (Å²) < 4.78 is 12.8. The molecule has 1 saturated heterocycles. The lowest BCUT2D eigenvalue weighted by Gasteiger charge is -2.10. The summed E-state index contributed by atoms with van der Waals surface area (Å²) in [5, 5.41) is 0.182. The third kappa shape index (κ3) is 1.69. The molecule has 0 aliphatic carbocycles. The van der Waals surface area contributed by atoms with Gasteiger partial charge in [-0.15, -0.1) is 0 Å². The first-order chi connectivity index (χ1) is 7.50. The van der Waals surface area contributed by atoms with Crippen LogP contribution in [0.1, 0.15) is 17.9 Å². The van der Waals surface area contributed by atoms with Crippen molar-refractivity contribution < 1.29 is 14.0 Å². The molecule has 2 rings (SSSR count). The molecule has 2 amide bonds. The van der Waals surface area contributed by atoms with Crippen LogP contribution in [0.2, 0.25) is 5.02 Å². The summed E-state index contributed by atoms with van der Waals surface area (Å²) >= 11 is 5.85. The van der Waals surface area contributed by atoms with Crippen molar-refractivity contribution in [3.8, 4) is 0 Å². The molecule has 84 valence electrons. The van der Waals surface area contributed by atoms with E-state index in [0.717, 1.165) is 11.0 Å². The van der Waals surface area contributed by atoms with Crippen molar-refractivity contribution >= 4 is 23.4 Å². The van der Waals surface area contributed by atoms with Gasteiger partial charge in [0.25, 0.3) is 0 Å². The maximum Gasteiger partial charge on any atom is 0.237 e. The third-order valence-electron chi connectivity index (χ3n) is 2.72. The van der Waals surface area contributed by atoms with Gasteiger partial charge in [-0.1, -0.05) is 17.7 Å². The predicted molar refractivity (Wildman–Crippen MR) is 56.5 cm³/mol. The van der Waals surface area contributed by atoms with Crippen LogP contribution in [0.5, 0.6) is 0 Å². The highest BCUT2D eigenvalue weighted by Gasteiger charge is 2.37. The summed E-state index contributed by atoms with van der Waals surface area (Å²) in [5.41, 5.74) is 0.505. The topological polar surface area (TPSA) is 37.4 Å². The van der Waals surface area contributed by atoms with E-state index in [0.29, 0.717) is 5.56 Å². The number of nitrogens with zero attached hydrogens (tertiary/aromatic N) is 1. The highest BCUT2D eigenvalue weighted by Crippen LogP contribution is 2.33. The number of imide groups is 1. The van der Waals surface area contributed by atoms with Crippen LogP contribution in [-0.4, -0.2) is 23.8 Å². The molecular formula is C11H9ClFNO2. The van der Waals surface area contributed by atoms with E-state index in [2.05, 4.69) is 0 Å². The van der Waals surface area contributed by atoms with Gasteiger partial charge in [0, 0.05) is 18.5 Å². The Bertz CT molecular complexity index is 475. The van der Waals surface area contributed by atoms with Gasteiger partial charge >= 0.3 is 0 Å². The minimum Gasteiger partial charge on any atom is -0.285 e. The van der Waals surface area contributed by atoms with Gasteiger partial charge in [-0.05, 0) is 17.7 Å². The zero-order chi connectivity index (χ0) is 11.9. The largest absolute Gasteiger partial charge is 0.285 e. The fourth-order valence-electron chi connectivity index (χ4n) is 1.78. The summed E-state index contributed by atoms with van der Waals surface area (Å²) in [7, 11) is 1.43. The lowest BCUT2D eigenvalue weighted by atomic mass is 9.97. The number of rotatable bonds is 1. The standard InChI is InChI=1S/C11H9ClFNO2/c1-14-10(15)5-8(11(14)16)7-3-2-6(13)4-9(7)12/h2-4,8H,5H2,1H3. The first kappa shape index (κ1) is 11.1. The summed E-state index contributed by atoms with van der Waals surface area (Å²) in [5.74, 6) is -1.57. The molecule has 5 heteroatoms. The molecule has 1 aromatic carbocycles. The fourth-order valence-corrected chi connectivity index (χ4v) is 2.08. The van der Waals surface area contributed by atoms with Crippen LogP contribution in [-0.2, 0) is 9.59 Å². The molecule has 0 radical (unpaired) electrons. The molecule has 0 bridgehead atoms. The highest BCUT2D eigenvalue weighted by atomic mass is 35.5. The van der Waals surface area contributed by atoms with Crippen molar-refractivity contribution in [1.82, 2.24) is 4.90 Å². The van der Waals surface area contributed by atoms with Crippen molar-refractivity contribution in [3.05, 3.63) is 34.6 Å². The van der Waals surface area contributed by atoms with Gasteiger partial charge in [-0.25, -0.2) is 4.39 Å². The summed E-state index contributed by atoms with van der Waals surface area (Å²) in [4.78, 5) is 24.1. The second-order valence-electron chi connectivity index (χ2n) is 3.71. The van der Waals surface area contributed by atoms with Crippen molar-refractivity contribution in [2.24, 2.45) is 0 Å². The Balaban J connectivity index is 2.39. The summed E-state index contributed by atoms with van der Waals surface area (Å²) in [6.07, 6.45) is 0.0979. The lowest BCUT2D eigenvalue weighted by molar-refractivity contribution is -0.137. The Morgan fingerprint density at radius 3 is 2.62 bits per heavy atom. The van der Waals surface area contributed by atoms with E-state index in [-0.39, 0.29) is 23.3 Å². The fraction of sp³-hybridized carbons (Fsp3) is 0.273. The van der Waals surface area contributed by atoms with Crippen molar-refractivity contribution in [2.45, 2.75) is 12.3 Å². The van der Waals surface area contributed by atoms with Crippen LogP contribution in [0.15, 0.2) is 18.2 Å². The van der Waals surface area contributed by atoms with Gasteiger partial charge in [-0.3, -0.25) is 14.5 Å². The molecule has 1 aliphatic heterocycles. The van der Waals surface area contributed by atoms with Gasteiger partial charge < -0.3 is 0 Å². The van der Waals surface area contributed by atoms with Gasteiger partial charge in [0.05, 0.1) is 5.92 Å². The first-order valence-electron chi connectivity index (χ1n) is 4.76. The van der Waals surface area contributed by atoms with Crippen LogP contribution >= 0.6 is 11.6 Å². The molecule has 1 atom stereocenters. The number of carbonyl (C=O) groups excluding carboxylic acids is 2. The Hall–Kier alpha value is -1.42. The van der Waals surface area contributed by atoms with Gasteiger partial charge in [-0.2, -0.15) is 0 Å². The molecule has 1 heterocycles. The molecule has 3 nitrogen and oxygen atoms in total. The number of amides is 2. The average molecular weight is 242 g/mol. The number of hydrogen-bond donors (Lipinski definition) is 0. The van der Waals surface area contributed by atoms with E-state index in [4.69, 9.17) is 11.6 Å². The Kier molecular flexibility index (Phi) is 2.68. The molecule has 0 saturated carbocycles. The van der Waals surface area contributed by atoms with Crippen molar-refractivity contribution in [3.63, 3.8) is 0 Å². The maximum absolute atomic E-state index is 12.8. The predicted octanol–water partition coefficient (Wildman–Crippen LogP) is 1.95. The van der Waals surface area contributed by atoms with E-state index in [1.807, 2.05) is 0 Å². The molecule has 0 aromatic heterocycles. The number of benzene rings is 1. The van der Waals surface area contributed by atoms with Gasteiger partial charge in [0.2, 0.25) is 11.8 Å². The smallest absolute Gasteiger partial charge is 0.237 e. The molecule has 0 spiro atoms. The van der Waals surface area contributed by atoms with Crippen LogP contribution in [0.3, 0.4) is 0 Å². The Morgan fingerprint density at radius 1 is 1.44 bits per heavy atom. The SMILES string of the molecule is CN1C(=O)CC(c2ccc(F)cc2Cl)C1=O. The molecular weight excluding hydrogens is 233 g/mol. The third-order valence-corrected chi connectivity index (χ3v) is 3.05. The monoisotopic (exact) mass is 241 g/mol. The van der Waals surface area contributed by atoms with Crippen LogP contribution in [0.4, 0.5) is 4.39 Å². The second kappa shape index (κ2) is 3.87. The van der Waals surface area contributed by atoms with Gasteiger partial charge in [0.1, 0.15) is 5.82 Å². The Morgan fingerprint density at radius 2 is 2.12 bits per heavy atom. The number of carbonyl (C=O) groups is 2. The molecule has 1 aliphatic rings. The zero-order valence-electron chi connectivity index (χ0n) is 8.54. The number of likely N-dealkylation sites (N-methyl/N-ethyl adjacent to an activating group) is 1. The van der Waals surface area contributed by atoms with Crippen LogP contribution < -0.4 is 0 Å². The van der Waals surface area contributed by atoms with Crippen molar-refractivity contribution in [1.29, 1.82) is 0 Å².